The van der Waals surface area contributed by atoms with E-state index in [0.717, 1.165) is 31.2 Å². The van der Waals surface area contributed by atoms with Gasteiger partial charge in [0, 0.05) is 18.4 Å². The SMILES string of the molecule is O=C(Cn1c(=O)c2cccn2c2cccnc21)NC1CCCCCC1. The second-order valence-corrected chi connectivity index (χ2v) is 6.76. The highest BCUT2D eigenvalue weighted by Gasteiger charge is 2.17. The first-order valence-electron chi connectivity index (χ1n) is 8.98. The van der Waals surface area contributed by atoms with E-state index in [4.69, 9.17) is 0 Å². The fourth-order valence-corrected chi connectivity index (χ4v) is 3.77. The molecule has 6 heteroatoms. The lowest BCUT2D eigenvalue weighted by molar-refractivity contribution is -0.122. The molecule has 0 saturated heterocycles. The van der Waals surface area contributed by atoms with E-state index in [9.17, 15) is 9.59 Å². The summed E-state index contributed by atoms with van der Waals surface area (Å²) in [6.45, 7) is 0.00449. The molecule has 1 amide bonds. The fourth-order valence-electron chi connectivity index (χ4n) is 3.77. The van der Waals surface area contributed by atoms with Gasteiger partial charge in [-0.2, -0.15) is 0 Å². The highest BCUT2D eigenvalue weighted by Crippen LogP contribution is 2.17. The molecule has 0 bridgehead atoms. The lowest BCUT2D eigenvalue weighted by atomic mass is 10.1. The minimum Gasteiger partial charge on any atom is -0.352 e. The Kier molecular flexibility index (Phi) is 4.26. The molecule has 3 heterocycles. The second kappa shape index (κ2) is 6.70. The van der Waals surface area contributed by atoms with E-state index in [-0.39, 0.29) is 24.1 Å². The van der Waals surface area contributed by atoms with Gasteiger partial charge in [-0.1, -0.05) is 25.7 Å². The monoisotopic (exact) mass is 338 g/mol. The Labute approximate surface area is 145 Å². The molecule has 1 saturated carbocycles. The number of rotatable bonds is 3. The van der Waals surface area contributed by atoms with E-state index in [0.29, 0.717) is 11.2 Å². The molecule has 0 unspecified atom stereocenters. The lowest BCUT2D eigenvalue weighted by Crippen LogP contribution is -2.39. The quantitative estimate of drug-likeness (QED) is 0.746. The number of fused-ring (bicyclic) bond motifs is 3. The molecule has 4 rings (SSSR count). The van der Waals surface area contributed by atoms with Crippen molar-refractivity contribution in [3.63, 3.8) is 0 Å². The summed E-state index contributed by atoms with van der Waals surface area (Å²) in [6.07, 6.45) is 10.3. The van der Waals surface area contributed by atoms with Gasteiger partial charge in [-0.3, -0.25) is 14.2 Å². The van der Waals surface area contributed by atoms with Crippen LogP contribution in [0.1, 0.15) is 38.5 Å². The van der Waals surface area contributed by atoms with Crippen molar-refractivity contribution in [3.05, 3.63) is 47.0 Å². The molecule has 0 aliphatic heterocycles. The molecule has 1 aliphatic carbocycles. The van der Waals surface area contributed by atoms with Crippen LogP contribution in [-0.4, -0.2) is 25.9 Å². The third-order valence-electron chi connectivity index (χ3n) is 5.02. The molecule has 0 radical (unpaired) electrons. The van der Waals surface area contributed by atoms with Gasteiger partial charge in [0.15, 0.2) is 5.65 Å². The minimum absolute atomic E-state index is 0.00449. The smallest absolute Gasteiger partial charge is 0.276 e. The Hall–Kier alpha value is -2.63. The number of hydrogen-bond donors (Lipinski definition) is 1. The zero-order chi connectivity index (χ0) is 17.2. The van der Waals surface area contributed by atoms with Crippen LogP contribution in [0.25, 0.3) is 16.7 Å². The first kappa shape index (κ1) is 15.9. The molecule has 25 heavy (non-hydrogen) atoms. The summed E-state index contributed by atoms with van der Waals surface area (Å²) in [5.41, 5.74) is 1.73. The molecule has 1 fully saturated rings. The van der Waals surface area contributed by atoms with Gasteiger partial charge in [-0.15, -0.1) is 0 Å². The summed E-state index contributed by atoms with van der Waals surface area (Å²) in [6, 6.07) is 7.58. The van der Waals surface area contributed by atoms with Crippen molar-refractivity contribution in [2.45, 2.75) is 51.1 Å². The molecule has 3 aromatic heterocycles. The fraction of sp³-hybridized carbons (Fsp3) is 0.421. The number of carbonyl (C=O) groups excluding carboxylic acids is 1. The van der Waals surface area contributed by atoms with Crippen LogP contribution >= 0.6 is 0 Å². The first-order chi connectivity index (χ1) is 12.2. The van der Waals surface area contributed by atoms with Gasteiger partial charge in [0.1, 0.15) is 12.1 Å². The Morgan fingerprint density at radius 1 is 1.12 bits per heavy atom. The summed E-state index contributed by atoms with van der Waals surface area (Å²) < 4.78 is 3.31. The number of amides is 1. The zero-order valence-corrected chi connectivity index (χ0v) is 14.1. The van der Waals surface area contributed by atoms with Crippen LogP contribution in [0.2, 0.25) is 0 Å². The van der Waals surface area contributed by atoms with Crippen molar-refractivity contribution >= 4 is 22.6 Å². The van der Waals surface area contributed by atoms with E-state index < -0.39 is 0 Å². The van der Waals surface area contributed by atoms with E-state index in [1.807, 2.05) is 28.8 Å². The average molecular weight is 338 g/mol. The van der Waals surface area contributed by atoms with Crippen LogP contribution in [0.5, 0.6) is 0 Å². The van der Waals surface area contributed by atoms with E-state index in [2.05, 4.69) is 10.3 Å². The largest absolute Gasteiger partial charge is 0.352 e. The van der Waals surface area contributed by atoms with Crippen LogP contribution in [0.4, 0.5) is 0 Å². The molecule has 130 valence electrons. The van der Waals surface area contributed by atoms with Crippen molar-refractivity contribution in [2.75, 3.05) is 0 Å². The number of hydrogen-bond acceptors (Lipinski definition) is 3. The zero-order valence-electron chi connectivity index (χ0n) is 14.1. The Balaban J connectivity index is 1.67. The van der Waals surface area contributed by atoms with Gasteiger partial charge in [0.2, 0.25) is 5.91 Å². The summed E-state index contributed by atoms with van der Waals surface area (Å²) >= 11 is 0. The topological polar surface area (TPSA) is 68.4 Å². The third kappa shape index (κ3) is 3.04. The summed E-state index contributed by atoms with van der Waals surface area (Å²) in [4.78, 5) is 29.7. The minimum atomic E-state index is -0.188. The van der Waals surface area contributed by atoms with E-state index in [1.165, 1.54) is 17.4 Å². The van der Waals surface area contributed by atoms with Gasteiger partial charge in [-0.25, -0.2) is 4.98 Å². The van der Waals surface area contributed by atoms with Crippen molar-refractivity contribution in [1.82, 2.24) is 19.3 Å². The van der Waals surface area contributed by atoms with Gasteiger partial charge in [0.25, 0.3) is 5.56 Å². The molecular weight excluding hydrogens is 316 g/mol. The summed E-state index contributed by atoms with van der Waals surface area (Å²) in [7, 11) is 0. The van der Waals surface area contributed by atoms with E-state index in [1.54, 1.807) is 12.3 Å². The van der Waals surface area contributed by atoms with Crippen molar-refractivity contribution in [3.8, 4) is 0 Å². The van der Waals surface area contributed by atoms with Gasteiger partial charge in [-0.05, 0) is 37.1 Å². The maximum Gasteiger partial charge on any atom is 0.276 e. The highest BCUT2D eigenvalue weighted by atomic mass is 16.2. The maximum absolute atomic E-state index is 12.8. The molecular formula is C19H22N4O2. The van der Waals surface area contributed by atoms with Crippen molar-refractivity contribution in [1.29, 1.82) is 0 Å². The maximum atomic E-state index is 12.8. The third-order valence-corrected chi connectivity index (χ3v) is 5.02. The van der Waals surface area contributed by atoms with Crippen LogP contribution < -0.4 is 10.9 Å². The average Bonchev–Trinajstić information content (AvgIpc) is 2.98. The second-order valence-electron chi connectivity index (χ2n) is 6.76. The molecule has 1 N–H and O–H groups in total. The Morgan fingerprint density at radius 3 is 2.68 bits per heavy atom. The molecule has 0 aromatic carbocycles. The standard InChI is InChI=1S/C19H22N4O2/c24-17(21-14-7-3-1-2-4-8-14)13-23-18-15(9-5-11-20-18)22-12-6-10-16(22)19(23)25/h5-6,9-12,14H,1-4,7-8,13H2,(H,21,24). The number of aromatic nitrogens is 3. The highest BCUT2D eigenvalue weighted by molar-refractivity contribution is 5.80. The number of pyridine rings is 1. The summed E-state index contributed by atoms with van der Waals surface area (Å²) in [5, 5.41) is 3.11. The van der Waals surface area contributed by atoms with Crippen LogP contribution in [0.15, 0.2) is 41.5 Å². The van der Waals surface area contributed by atoms with Gasteiger partial charge < -0.3 is 9.72 Å². The molecule has 3 aromatic rings. The predicted octanol–water partition coefficient (Wildman–Crippen LogP) is 2.49. The van der Waals surface area contributed by atoms with Gasteiger partial charge in [0.05, 0.1) is 5.52 Å². The van der Waals surface area contributed by atoms with Crippen molar-refractivity contribution < 1.29 is 4.79 Å². The molecule has 0 atom stereocenters. The molecule has 1 aliphatic rings. The predicted molar refractivity (Wildman–Crippen MR) is 96.6 cm³/mol. The van der Waals surface area contributed by atoms with Crippen molar-refractivity contribution in [2.24, 2.45) is 0 Å². The molecule has 0 spiro atoms. The summed E-state index contributed by atoms with van der Waals surface area (Å²) in [5.74, 6) is -0.114. The normalized spacial score (nSPS) is 16.2. The number of nitrogens with zero attached hydrogens (tertiary/aromatic N) is 3. The lowest BCUT2D eigenvalue weighted by Gasteiger charge is -2.17. The van der Waals surface area contributed by atoms with Crippen LogP contribution in [0.3, 0.4) is 0 Å². The van der Waals surface area contributed by atoms with Crippen LogP contribution in [0, 0.1) is 0 Å². The Morgan fingerprint density at radius 2 is 1.88 bits per heavy atom. The number of nitrogens with one attached hydrogen (secondary N) is 1. The first-order valence-corrected chi connectivity index (χ1v) is 8.98. The van der Waals surface area contributed by atoms with Gasteiger partial charge >= 0.3 is 0 Å². The van der Waals surface area contributed by atoms with Crippen LogP contribution in [-0.2, 0) is 11.3 Å². The number of carbonyl (C=O) groups is 1. The Bertz CT molecular complexity index is 964. The molecule has 6 nitrogen and oxygen atoms in total. The van der Waals surface area contributed by atoms with E-state index >= 15 is 0 Å².